The van der Waals surface area contributed by atoms with Crippen molar-refractivity contribution in [2.45, 2.75) is 45.2 Å². The molecule has 7 nitrogen and oxygen atoms in total. The van der Waals surface area contributed by atoms with E-state index in [0.717, 1.165) is 0 Å². The van der Waals surface area contributed by atoms with Gasteiger partial charge in [0.25, 0.3) is 0 Å². The first kappa shape index (κ1) is 16.5. The van der Waals surface area contributed by atoms with E-state index in [1.54, 1.807) is 0 Å². The Morgan fingerprint density at radius 1 is 1.11 bits per heavy atom. The number of carboxylic acids is 1. The standard InChI is InChI=1S/C11H20N2O5/c1-6(2)5-8(13)11(17)18-10(16)7(12)3-4-9(14)15/h6-8H,3-5,12-13H2,1-2H3,(H,14,15)/t7-,8-/m0/s1. The van der Waals surface area contributed by atoms with Gasteiger partial charge in [0.15, 0.2) is 0 Å². The van der Waals surface area contributed by atoms with Gasteiger partial charge in [-0.1, -0.05) is 13.8 Å². The highest BCUT2D eigenvalue weighted by Crippen LogP contribution is 2.05. The van der Waals surface area contributed by atoms with Crippen LogP contribution in [0.2, 0.25) is 0 Å². The maximum Gasteiger partial charge on any atom is 0.330 e. The first-order valence-electron chi connectivity index (χ1n) is 5.72. The highest BCUT2D eigenvalue weighted by atomic mass is 16.6. The lowest BCUT2D eigenvalue weighted by Crippen LogP contribution is -2.40. The van der Waals surface area contributed by atoms with Gasteiger partial charge in [0.1, 0.15) is 12.1 Å². The molecule has 0 saturated carbocycles. The first-order valence-corrected chi connectivity index (χ1v) is 5.72. The molecule has 5 N–H and O–H groups in total. The van der Waals surface area contributed by atoms with Crippen LogP contribution >= 0.6 is 0 Å². The van der Waals surface area contributed by atoms with Crippen molar-refractivity contribution in [2.75, 3.05) is 0 Å². The number of carboxylic acid groups (broad SMARTS) is 1. The molecule has 0 bridgehead atoms. The number of esters is 2. The second kappa shape index (κ2) is 7.78. The normalized spacial score (nSPS) is 14.1. The van der Waals surface area contributed by atoms with Gasteiger partial charge >= 0.3 is 17.9 Å². The maximum atomic E-state index is 11.4. The summed E-state index contributed by atoms with van der Waals surface area (Å²) in [7, 11) is 0. The molecule has 0 aromatic rings. The third-order valence-corrected chi connectivity index (χ3v) is 2.20. The second-order valence-electron chi connectivity index (χ2n) is 4.52. The van der Waals surface area contributed by atoms with Gasteiger partial charge in [-0.25, -0.2) is 9.59 Å². The smallest absolute Gasteiger partial charge is 0.330 e. The van der Waals surface area contributed by atoms with E-state index in [1.165, 1.54) is 0 Å². The van der Waals surface area contributed by atoms with Gasteiger partial charge in [-0.15, -0.1) is 0 Å². The molecular weight excluding hydrogens is 240 g/mol. The van der Waals surface area contributed by atoms with Gasteiger partial charge in [-0.05, 0) is 18.8 Å². The number of carbonyl (C=O) groups excluding carboxylic acids is 2. The third kappa shape index (κ3) is 6.97. The molecule has 0 aliphatic rings. The molecule has 0 aromatic carbocycles. The van der Waals surface area contributed by atoms with Crippen molar-refractivity contribution in [3.63, 3.8) is 0 Å². The van der Waals surface area contributed by atoms with Crippen LogP contribution in [0.3, 0.4) is 0 Å². The summed E-state index contributed by atoms with van der Waals surface area (Å²) >= 11 is 0. The second-order valence-corrected chi connectivity index (χ2v) is 4.52. The minimum Gasteiger partial charge on any atom is -0.481 e. The molecule has 0 rings (SSSR count). The van der Waals surface area contributed by atoms with Crippen LogP contribution in [0.4, 0.5) is 0 Å². The minimum absolute atomic E-state index is 0.0825. The van der Waals surface area contributed by atoms with Gasteiger partial charge < -0.3 is 21.3 Å². The van der Waals surface area contributed by atoms with Gasteiger partial charge in [-0.2, -0.15) is 0 Å². The van der Waals surface area contributed by atoms with Crippen LogP contribution in [0.1, 0.15) is 33.1 Å². The summed E-state index contributed by atoms with van der Waals surface area (Å²) in [6.07, 6.45) is 0.0554. The van der Waals surface area contributed by atoms with Crippen LogP contribution in [0.25, 0.3) is 0 Å². The third-order valence-electron chi connectivity index (χ3n) is 2.20. The molecule has 0 saturated heterocycles. The van der Waals surface area contributed by atoms with Crippen LogP contribution in [-0.4, -0.2) is 35.1 Å². The van der Waals surface area contributed by atoms with Crippen molar-refractivity contribution in [1.29, 1.82) is 0 Å². The predicted molar refractivity (Wildman–Crippen MR) is 63.4 cm³/mol. The lowest BCUT2D eigenvalue weighted by molar-refractivity contribution is -0.161. The summed E-state index contributed by atoms with van der Waals surface area (Å²) in [5, 5.41) is 8.42. The zero-order chi connectivity index (χ0) is 14.3. The van der Waals surface area contributed by atoms with Crippen LogP contribution in [0.5, 0.6) is 0 Å². The van der Waals surface area contributed by atoms with E-state index in [0.29, 0.717) is 6.42 Å². The molecule has 0 aromatic heterocycles. The van der Waals surface area contributed by atoms with Crippen LogP contribution in [0, 0.1) is 5.92 Å². The molecule has 0 aliphatic heterocycles. The molecule has 2 atom stereocenters. The number of ether oxygens (including phenoxy) is 1. The predicted octanol–water partition coefficient (Wildman–Crippen LogP) is -0.378. The fourth-order valence-electron chi connectivity index (χ4n) is 1.25. The summed E-state index contributed by atoms with van der Waals surface area (Å²) < 4.78 is 4.49. The first-order chi connectivity index (χ1) is 8.23. The molecule has 0 amide bonds. The minimum atomic E-state index is -1.13. The fourth-order valence-corrected chi connectivity index (χ4v) is 1.25. The maximum absolute atomic E-state index is 11.4. The Hall–Kier alpha value is -1.47. The molecule has 0 unspecified atom stereocenters. The molecule has 7 heteroatoms. The highest BCUT2D eigenvalue weighted by molar-refractivity contribution is 5.90. The van der Waals surface area contributed by atoms with Crippen molar-refractivity contribution < 1.29 is 24.2 Å². The average molecular weight is 260 g/mol. The number of nitrogens with two attached hydrogens (primary N) is 2. The van der Waals surface area contributed by atoms with E-state index in [2.05, 4.69) is 4.74 Å². The molecule has 0 fully saturated rings. The Morgan fingerprint density at radius 2 is 1.61 bits per heavy atom. The van der Waals surface area contributed by atoms with Crippen molar-refractivity contribution >= 4 is 17.9 Å². The monoisotopic (exact) mass is 260 g/mol. The Labute approximate surface area is 105 Å². The largest absolute Gasteiger partial charge is 0.481 e. The number of hydrogen-bond acceptors (Lipinski definition) is 6. The van der Waals surface area contributed by atoms with E-state index in [-0.39, 0.29) is 18.8 Å². The number of carbonyl (C=O) groups is 3. The van der Waals surface area contributed by atoms with Crippen molar-refractivity contribution in [3.8, 4) is 0 Å². The summed E-state index contributed by atoms with van der Waals surface area (Å²) in [6, 6.07) is -2.00. The molecular formula is C11H20N2O5. The number of rotatable bonds is 7. The lowest BCUT2D eigenvalue weighted by Gasteiger charge is -2.14. The number of aliphatic carboxylic acids is 1. The topological polar surface area (TPSA) is 133 Å². The van der Waals surface area contributed by atoms with Crippen molar-refractivity contribution in [1.82, 2.24) is 0 Å². The van der Waals surface area contributed by atoms with Crippen LogP contribution < -0.4 is 11.5 Å². The highest BCUT2D eigenvalue weighted by Gasteiger charge is 2.23. The van der Waals surface area contributed by atoms with E-state index in [9.17, 15) is 14.4 Å². The van der Waals surface area contributed by atoms with E-state index in [4.69, 9.17) is 16.6 Å². The van der Waals surface area contributed by atoms with Gasteiger partial charge in [0, 0.05) is 6.42 Å². The Bertz CT molecular complexity index is 317. The average Bonchev–Trinajstić information content (AvgIpc) is 2.24. The SMILES string of the molecule is CC(C)C[C@H](N)C(=O)OC(=O)[C@@H](N)CCC(=O)O. The lowest BCUT2D eigenvalue weighted by atomic mass is 10.0. The summed E-state index contributed by atoms with van der Waals surface area (Å²) in [5.74, 6) is -2.65. The number of hydrogen-bond donors (Lipinski definition) is 3. The molecule has 0 spiro atoms. The Kier molecular flexibility index (Phi) is 7.14. The van der Waals surface area contributed by atoms with E-state index < -0.39 is 30.0 Å². The van der Waals surface area contributed by atoms with E-state index >= 15 is 0 Å². The summed E-state index contributed by atoms with van der Waals surface area (Å²) in [6.45, 7) is 3.76. The fraction of sp³-hybridized carbons (Fsp3) is 0.727. The van der Waals surface area contributed by atoms with Gasteiger partial charge in [0.2, 0.25) is 0 Å². The Balaban J connectivity index is 4.13. The summed E-state index contributed by atoms with van der Waals surface area (Å²) in [4.78, 5) is 33.0. The zero-order valence-corrected chi connectivity index (χ0v) is 10.6. The molecule has 104 valence electrons. The van der Waals surface area contributed by atoms with Gasteiger partial charge in [-0.3, -0.25) is 4.79 Å². The van der Waals surface area contributed by atoms with E-state index in [1.807, 2.05) is 13.8 Å². The van der Waals surface area contributed by atoms with Crippen molar-refractivity contribution in [3.05, 3.63) is 0 Å². The van der Waals surface area contributed by atoms with Crippen LogP contribution in [0.15, 0.2) is 0 Å². The molecule has 18 heavy (non-hydrogen) atoms. The van der Waals surface area contributed by atoms with Crippen molar-refractivity contribution in [2.24, 2.45) is 17.4 Å². The molecule has 0 aliphatic carbocycles. The Morgan fingerprint density at radius 3 is 2.06 bits per heavy atom. The molecule has 0 heterocycles. The zero-order valence-electron chi connectivity index (χ0n) is 10.6. The molecule has 0 radical (unpaired) electrons. The quantitative estimate of drug-likeness (QED) is 0.419. The summed E-state index contributed by atoms with van der Waals surface area (Å²) in [5.41, 5.74) is 10.9. The van der Waals surface area contributed by atoms with Gasteiger partial charge in [0.05, 0.1) is 0 Å². The van der Waals surface area contributed by atoms with Crippen LogP contribution in [-0.2, 0) is 19.1 Å².